The van der Waals surface area contributed by atoms with E-state index in [2.05, 4.69) is 0 Å². The highest BCUT2D eigenvalue weighted by Gasteiger charge is 2.23. The van der Waals surface area contributed by atoms with Gasteiger partial charge in [0.15, 0.2) is 0 Å². The molecule has 0 saturated heterocycles. The molecule has 4 rings (SSSR count). The molecule has 0 spiro atoms. The van der Waals surface area contributed by atoms with Crippen LogP contribution >= 0.6 is 11.6 Å². The van der Waals surface area contributed by atoms with Crippen LogP contribution in [0.3, 0.4) is 0 Å². The second kappa shape index (κ2) is 10.9. The van der Waals surface area contributed by atoms with Crippen LogP contribution in [-0.2, 0) is 16.0 Å². The van der Waals surface area contributed by atoms with Crippen LogP contribution in [0.4, 0.5) is 0 Å². The van der Waals surface area contributed by atoms with E-state index in [1.54, 1.807) is 42.5 Å². The molecule has 0 saturated carbocycles. The topological polar surface area (TPSA) is 92.6 Å². The number of unbranched alkanes of at least 4 members (excludes halogenated alkanes) is 1. The molecule has 2 aromatic carbocycles. The summed E-state index contributed by atoms with van der Waals surface area (Å²) in [6.07, 6.45) is 4.48. The molecule has 1 aliphatic heterocycles. The molecule has 1 aromatic heterocycles. The highest BCUT2D eigenvalue weighted by atomic mass is 35.5. The van der Waals surface area contributed by atoms with E-state index in [4.69, 9.17) is 31.4 Å². The summed E-state index contributed by atoms with van der Waals surface area (Å²) in [6.45, 7) is 2.64. The summed E-state index contributed by atoms with van der Waals surface area (Å²) in [6, 6.07) is 12.7. The van der Waals surface area contributed by atoms with Gasteiger partial charge in [0.05, 0.1) is 41.3 Å². The summed E-state index contributed by atoms with van der Waals surface area (Å²) in [4.78, 5) is 35.6. The maximum absolute atomic E-state index is 13.2. The van der Waals surface area contributed by atoms with E-state index in [0.717, 1.165) is 28.9 Å². The molecule has 2 heterocycles. The van der Waals surface area contributed by atoms with Crippen molar-refractivity contribution in [3.63, 3.8) is 0 Å². The minimum Gasteiger partial charge on any atom is -0.501 e. The van der Waals surface area contributed by atoms with Gasteiger partial charge < -0.3 is 14.7 Å². The van der Waals surface area contributed by atoms with Gasteiger partial charge in [-0.25, -0.2) is 9.97 Å². The predicted molar refractivity (Wildman–Crippen MR) is 135 cm³/mol. The largest absolute Gasteiger partial charge is 0.501 e. The van der Waals surface area contributed by atoms with Crippen LogP contribution in [0, 0.1) is 0 Å². The van der Waals surface area contributed by atoms with Crippen molar-refractivity contribution in [2.75, 3.05) is 13.7 Å². The average Bonchev–Trinajstić information content (AvgIpc) is 3.40. The average molecular weight is 494 g/mol. The van der Waals surface area contributed by atoms with E-state index < -0.39 is 5.97 Å². The number of aliphatic carboxylic acids is 1. The first-order chi connectivity index (χ1) is 16.8. The Bertz CT molecular complexity index is 1270. The van der Waals surface area contributed by atoms with Gasteiger partial charge >= 0.3 is 5.97 Å². The lowest BCUT2D eigenvalue weighted by molar-refractivity contribution is -0.137. The van der Waals surface area contributed by atoms with Gasteiger partial charge in [0.1, 0.15) is 0 Å². The van der Waals surface area contributed by atoms with Crippen LogP contribution in [0.5, 0.6) is 0 Å². The first kappa shape index (κ1) is 24.7. The van der Waals surface area contributed by atoms with E-state index >= 15 is 0 Å². The number of aryl methyl sites for hydroxylation is 1. The molecule has 1 amide bonds. The van der Waals surface area contributed by atoms with Gasteiger partial charge in [-0.2, -0.15) is 0 Å². The molecule has 0 aliphatic carbocycles. The molecule has 1 N–H and O–H groups in total. The van der Waals surface area contributed by atoms with E-state index in [1.165, 1.54) is 0 Å². The summed E-state index contributed by atoms with van der Waals surface area (Å²) in [5.74, 6) is -0.910. The number of carbonyl (C=O) groups is 2. The van der Waals surface area contributed by atoms with Gasteiger partial charge in [-0.1, -0.05) is 23.7 Å². The Morgan fingerprint density at radius 1 is 1.11 bits per heavy atom. The number of carbonyl (C=O) groups excluding carboxylic acids is 1. The minimum atomic E-state index is -0.811. The lowest BCUT2D eigenvalue weighted by atomic mass is 10.0. The lowest BCUT2D eigenvalue weighted by Gasteiger charge is -2.25. The number of amides is 1. The first-order valence-electron chi connectivity index (χ1n) is 11.7. The second-order valence-corrected chi connectivity index (χ2v) is 9.17. The summed E-state index contributed by atoms with van der Waals surface area (Å²) >= 11 is 6.06. The molecule has 0 fully saturated rings. The first-order valence-corrected chi connectivity index (χ1v) is 12.1. The zero-order valence-electron chi connectivity index (χ0n) is 19.8. The van der Waals surface area contributed by atoms with Crippen molar-refractivity contribution in [3.05, 3.63) is 70.6 Å². The normalized spacial score (nSPS) is 13.9. The number of fused-ring (bicyclic) bond motifs is 1. The van der Waals surface area contributed by atoms with Crippen LogP contribution < -0.4 is 0 Å². The van der Waals surface area contributed by atoms with Crippen molar-refractivity contribution in [1.29, 1.82) is 0 Å². The Labute approximate surface area is 209 Å². The maximum atomic E-state index is 13.2. The van der Waals surface area contributed by atoms with Crippen molar-refractivity contribution < 1.29 is 19.4 Å². The summed E-state index contributed by atoms with van der Waals surface area (Å²) in [7, 11) is 1.79. The second-order valence-electron chi connectivity index (χ2n) is 8.74. The molecule has 0 bridgehead atoms. The third-order valence-corrected chi connectivity index (χ3v) is 6.59. The van der Waals surface area contributed by atoms with E-state index in [9.17, 15) is 9.59 Å². The SMILES string of the molecule is CC(C1=COCC1)N(C)C(=O)c1ccc2nc(-c3ccc(Cl)cc3)c(CCCCC(=O)O)nc2c1. The fourth-order valence-electron chi connectivity index (χ4n) is 4.14. The van der Waals surface area contributed by atoms with Gasteiger partial charge in [-0.05, 0) is 62.1 Å². The Hall–Kier alpha value is -3.45. The van der Waals surface area contributed by atoms with Crippen LogP contribution in [0.1, 0.15) is 48.7 Å². The Balaban J connectivity index is 1.65. The molecule has 1 atom stereocenters. The van der Waals surface area contributed by atoms with Crippen molar-refractivity contribution in [2.45, 2.75) is 45.1 Å². The number of hydrogen-bond acceptors (Lipinski definition) is 5. The van der Waals surface area contributed by atoms with Crippen LogP contribution in [0.15, 0.2) is 54.3 Å². The number of likely N-dealkylation sites (N-methyl/N-ethyl adjacent to an activating group) is 1. The third kappa shape index (κ3) is 5.80. The number of aromatic nitrogens is 2. The zero-order valence-corrected chi connectivity index (χ0v) is 20.6. The van der Waals surface area contributed by atoms with E-state index in [1.807, 2.05) is 25.1 Å². The summed E-state index contributed by atoms with van der Waals surface area (Å²) < 4.78 is 5.33. The number of carboxylic acid groups (broad SMARTS) is 1. The summed E-state index contributed by atoms with van der Waals surface area (Å²) in [5, 5.41) is 9.59. The van der Waals surface area contributed by atoms with E-state index in [0.29, 0.717) is 47.5 Å². The van der Waals surface area contributed by atoms with Crippen LogP contribution in [0.25, 0.3) is 22.3 Å². The van der Waals surface area contributed by atoms with E-state index in [-0.39, 0.29) is 18.4 Å². The van der Waals surface area contributed by atoms with Crippen molar-refractivity contribution in [2.24, 2.45) is 0 Å². The number of rotatable bonds is 9. The smallest absolute Gasteiger partial charge is 0.303 e. The highest BCUT2D eigenvalue weighted by Crippen LogP contribution is 2.27. The monoisotopic (exact) mass is 493 g/mol. The molecular weight excluding hydrogens is 466 g/mol. The minimum absolute atomic E-state index is 0.0659. The van der Waals surface area contributed by atoms with Crippen molar-refractivity contribution in [1.82, 2.24) is 14.9 Å². The fourth-order valence-corrected chi connectivity index (χ4v) is 4.27. The third-order valence-electron chi connectivity index (χ3n) is 6.34. The molecule has 1 aliphatic rings. The number of benzene rings is 2. The lowest BCUT2D eigenvalue weighted by Crippen LogP contribution is -2.36. The number of halogens is 1. The zero-order chi connectivity index (χ0) is 24.9. The maximum Gasteiger partial charge on any atom is 0.303 e. The van der Waals surface area contributed by atoms with Crippen LogP contribution in [0.2, 0.25) is 5.02 Å². The van der Waals surface area contributed by atoms with Gasteiger partial charge in [0.25, 0.3) is 5.91 Å². The molecular formula is C27H28ClN3O4. The number of ether oxygens (including phenoxy) is 1. The fraction of sp³-hybridized carbons (Fsp3) is 0.333. The molecule has 1 unspecified atom stereocenters. The van der Waals surface area contributed by atoms with Gasteiger partial charge in [-0.3, -0.25) is 9.59 Å². The molecule has 7 nitrogen and oxygen atoms in total. The highest BCUT2D eigenvalue weighted by molar-refractivity contribution is 6.30. The van der Waals surface area contributed by atoms with Crippen molar-refractivity contribution >= 4 is 34.5 Å². The van der Waals surface area contributed by atoms with Gasteiger partial charge in [0, 0.05) is 36.0 Å². The Morgan fingerprint density at radius 2 is 1.89 bits per heavy atom. The number of nitrogens with zero attached hydrogens (tertiary/aromatic N) is 3. The number of carboxylic acids is 1. The molecule has 182 valence electrons. The molecule has 0 radical (unpaired) electrons. The quantitative estimate of drug-likeness (QED) is 0.395. The van der Waals surface area contributed by atoms with Gasteiger partial charge in [0.2, 0.25) is 0 Å². The number of hydrogen-bond donors (Lipinski definition) is 1. The predicted octanol–water partition coefficient (Wildman–Crippen LogP) is 5.51. The molecule has 8 heteroatoms. The molecule has 3 aromatic rings. The van der Waals surface area contributed by atoms with Gasteiger partial charge in [-0.15, -0.1) is 0 Å². The Kier molecular flexibility index (Phi) is 7.66. The summed E-state index contributed by atoms with van der Waals surface area (Å²) in [5.41, 5.74) is 5.34. The van der Waals surface area contributed by atoms with Crippen LogP contribution in [-0.4, -0.2) is 51.5 Å². The standard InChI is InChI=1S/C27H28ClN3O4/c1-17(20-13-14-35-16-20)31(2)27(34)19-9-12-22-24(15-19)29-23(5-3-4-6-25(32)33)26(30-22)18-7-10-21(28)11-8-18/h7-12,15-17H,3-6,13-14H2,1-2H3,(H,32,33). The van der Waals surface area contributed by atoms with Crippen molar-refractivity contribution in [3.8, 4) is 11.3 Å². The Morgan fingerprint density at radius 3 is 2.57 bits per heavy atom. The molecule has 35 heavy (non-hydrogen) atoms.